The zero-order chi connectivity index (χ0) is 10.1. The minimum absolute atomic E-state index is 0.191. The monoisotopic (exact) mass is 183 g/mol. The van der Waals surface area contributed by atoms with Gasteiger partial charge in [-0.2, -0.15) is 4.98 Å². The van der Waals surface area contributed by atoms with Crippen LogP contribution in [0.25, 0.3) is 0 Å². The van der Waals surface area contributed by atoms with Gasteiger partial charge in [0.25, 0.3) is 5.95 Å². The van der Waals surface area contributed by atoms with Gasteiger partial charge in [0.2, 0.25) is 11.8 Å². The molecule has 5 nitrogen and oxygen atoms in total. The van der Waals surface area contributed by atoms with E-state index in [1.807, 2.05) is 20.8 Å². The number of nitrogens with one attached hydrogen (secondary N) is 1. The maximum Gasteiger partial charge on any atom is 0.270 e. The Bertz CT molecular complexity index is 311. The minimum Gasteiger partial charge on any atom is -0.337 e. The van der Waals surface area contributed by atoms with Crippen LogP contribution in [0.2, 0.25) is 0 Å². The molecule has 0 atom stereocenters. The SMILES string of the molecule is CC(=O)Nc1noc(C(C)(C)C)n1. The molecule has 0 aromatic carbocycles. The molecule has 0 aliphatic carbocycles. The third-order valence-electron chi connectivity index (χ3n) is 1.36. The van der Waals surface area contributed by atoms with Crippen LogP contribution in [-0.2, 0) is 10.2 Å². The number of rotatable bonds is 1. The molecule has 5 heteroatoms. The van der Waals surface area contributed by atoms with Gasteiger partial charge in [-0.25, -0.2) is 0 Å². The summed E-state index contributed by atoms with van der Waals surface area (Å²) in [6.07, 6.45) is 0. The topological polar surface area (TPSA) is 68.0 Å². The van der Waals surface area contributed by atoms with E-state index in [1.165, 1.54) is 6.92 Å². The number of aromatic nitrogens is 2. The van der Waals surface area contributed by atoms with Crippen LogP contribution in [0.5, 0.6) is 0 Å². The third kappa shape index (κ3) is 2.54. The van der Waals surface area contributed by atoms with Crippen molar-refractivity contribution in [3.8, 4) is 0 Å². The van der Waals surface area contributed by atoms with Crippen LogP contribution in [0.1, 0.15) is 33.6 Å². The molecule has 1 N–H and O–H groups in total. The van der Waals surface area contributed by atoms with E-state index in [0.717, 1.165) is 0 Å². The van der Waals surface area contributed by atoms with E-state index in [-0.39, 0.29) is 17.3 Å². The molecule has 0 radical (unpaired) electrons. The molecule has 1 aromatic heterocycles. The fourth-order valence-electron chi connectivity index (χ4n) is 0.736. The van der Waals surface area contributed by atoms with Crippen molar-refractivity contribution in [3.05, 3.63) is 5.89 Å². The molecule has 72 valence electrons. The minimum atomic E-state index is -0.207. The van der Waals surface area contributed by atoms with Crippen LogP contribution >= 0.6 is 0 Å². The van der Waals surface area contributed by atoms with Crippen molar-refractivity contribution in [3.63, 3.8) is 0 Å². The van der Waals surface area contributed by atoms with Crippen LogP contribution < -0.4 is 5.32 Å². The summed E-state index contributed by atoms with van der Waals surface area (Å²) in [6, 6.07) is 0. The molecular formula is C8H13N3O2. The van der Waals surface area contributed by atoms with Gasteiger partial charge in [0.1, 0.15) is 0 Å². The Morgan fingerprint density at radius 3 is 2.46 bits per heavy atom. The highest BCUT2D eigenvalue weighted by molar-refractivity contribution is 5.86. The largest absolute Gasteiger partial charge is 0.337 e. The van der Waals surface area contributed by atoms with Crippen molar-refractivity contribution in [2.75, 3.05) is 5.32 Å². The number of carbonyl (C=O) groups excluding carboxylic acids is 1. The molecule has 1 amide bonds. The number of anilines is 1. The zero-order valence-corrected chi connectivity index (χ0v) is 8.21. The van der Waals surface area contributed by atoms with Gasteiger partial charge in [0.05, 0.1) is 0 Å². The predicted octanol–water partition coefficient (Wildman–Crippen LogP) is 1.33. The highest BCUT2D eigenvalue weighted by Crippen LogP contribution is 2.20. The average Bonchev–Trinajstić information content (AvgIpc) is 2.32. The van der Waals surface area contributed by atoms with E-state index >= 15 is 0 Å². The molecule has 0 fully saturated rings. The van der Waals surface area contributed by atoms with Crippen molar-refractivity contribution in [1.82, 2.24) is 10.1 Å². The molecule has 1 heterocycles. The maximum atomic E-state index is 10.6. The summed E-state index contributed by atoms with van der Waals surface area (Å²) >= 11 is 0. The van der Waals surface area contributed by atoms with E-state index in [0.29, 0.717) is 5.89 Å². The first-order valence-electron chi connectivity index (χ1n) is 4.01. The quantitative estimate of drug-likeness (QED) is 0.713. The van der Waals surface area contributed by atoms with Gasteiger partial charge >= 0.3 is 0 Å². The fraction of sp³-hybridized carbons (Fsp3) is 0.625. The predicted molar refractivity (Wildman–Crippen MR) is 47.3 cm³/mol. The second-order valence-corrected chi connectivity index (χ2v) is 3.85. The Hall–Kier alpha value is -1.39. The van der Waals surface area contributed by atoms with Crippen LogP contribution in [0, 0.1) is 0 Å². The van der Waals surface area contributed by atoms with Crippen LogP contribution in [0.3, 0.4) is 0 Å². The summed E-state index contributed by atoms with van der Waals surface area (Å²) in [4.78, 5) is 14.7. The van der Waals surface area contributed by atoms with E-state index < -0.39 is 0 Å². The van der Waals surface area contributed by atoms with Crippen LogP contribution in [0.4, 0.5) is 5.95 Å². The van der Waals surface area contributed by atoms with Gasteiger partial charge in [0, 0.05) is 12.3 Å². The van der Waals surface area contributed by atoms with Crippen molar-refractivity contribution in [2.24, 2.45) is 0 Å². The number of carbonyl (C=O) groups is 1. The Labute approximate surface area is 76.5 Å². The lowest BCUT2D eigenvalue weighted by Crippen LogP contribution is -2.12. The summed E-state index contributed by atoms with van der Waals surface area (Å²) in [5.41, 5.74) is -0.191. The molecule has 0 bridgehead atoms. The highest BCUT2D eigenvalue weighted by atomic mass is 16.5. The number of hydrogen-bond donors (Lipinski definition) is 1. The lowest BCUT2D eigenvalue weighted by atomic mass is 9.97. The Morgan fingerprint density at radius 2 is 2.08 bits per heavy atom. The second-order valence-electron chi connectivity index (χ2n) is 3.85. The van der Waals surface area contributed by atoms with Crippen LogP contribution in [-0.4, -0.2) is 16.0 Å². The zero-order valence-electron chi connectivity index (χ0n) is 8.21. The van der Waals surface area contributed by atoms with E-state index in [2.05, 4.69) is 15.5 Å². The molecular weight excluding hydrogens is 170 g/mol. The third-order valence-corrected chi connectivity index (χ3v) is 1.36. The van der Waals surface area contributed by atoms with E-state index in [9.17, 15) is 4.79 Å². The van der Waals surface area contributed by atoms with E-state index in [1.54, 1.807) is 0 Å². The summed E-state index contributed by atoms with van der Waals surface area (Å²) in [5.74, 6) is 0.523. The average molecular weight is 183 g/mol. The second kappa shape index (κ2) is 3.16. The first kappa shape index (κ1) is 9.70. The lowest BCUT2D eigenvalue weighted by Gasteiger charge is -2.10. The lowest BCUT2D eigenvalue weighted by molar-refractivity contribution is -0.114. The van der Waals surface area contributed by atoms with Crippen molar-refractivity contribution in [1.29, 1.82) is 0 Å². The number of amides is 1. The maximum absolute atomic E-state index is 10.6. The standard InChI is InChI=1S/C8H13N3O2/c1-5(12)9-7-10-6(13-11-7)8(2,3)4/h1-4H3,(H,9,11,12). The molecule has 0 unspecified atom stereocenters. The summed E-state index contributed by atoms with van der Waals surface area (Å²) in [5, 5.41) is 6.05. The van der Waals surface area contributed by atoms with Crippen molar-refractivity contribution < 1.29 is 9.32 Å². The first-order valence-corrected chi connectivity index (χ1v) is 4.01. The fourth-order valence-corrected chi connectivity index (χ4v) is 0.736. The smallest absolute Gasteiger partial charge is 0.270 e. The summed E-state index contributed by atoms with van der Waals surface area (Å²) in [6.45, 7) is 7.27. The molecule has 1 rings (SSSR count). The molecule has 13 heavy (non-hydrogen) atoms. The summed E-state index contributed by atoms with van der Waals surface area (Å²) < 4.78 is 4.95. The molecule has 0 saturated carbocycles. The Morgan fingerprint density at radius 1 is 1.46 bits per heavy atom. The van der Waals surface area contributed by atoms with Gasteiger partial charge in [-0.1, -0.05) is 20.8 Å². The first-order chi connectivity index (χ1) is 5.89. The molecule has 0 spiro atoms. The van der Waals surface area contributed by atoms with Gasteiger partial charge in [-0.15, -0.1) is 0 Å². The molecule has 1 aromatic rings. The van der Waals surface area contributed by atoms with Gasteiger partial charge in [-0.3, -0.25) is 10.1 Å². The van der Waals surface area contributed by atoms with Gasteiger partial charge in [-0.05, 0) is 5.16 Å². The van der Waals surface area contributed by atoms with Crippen molar-refractivity contribution in [2.45, 2.75) is 33.1 Å². The Balaban J connectivity index is 2.81. The van der Waals surface area contributed by atoms with Gasteiger partial charge < -0.3 is 4.52 Å². The number of nitrogens with zero attached hydrogens (tertiary/aromatic N) is 2. The van der Waals surface area contributed by atoms with E-state index in [4.69, 9.17) is 4.52 Å². The highest BCUT2D eigenvalue weighted by Gasteiger charge is 2.21. The summed E-state index contributed by atoms with van der Waals surface area (Å²) in [7, 11) is 0. The molecule has 0 aliphatic rings. The molecule has 0 saturated heterocycles. The van der Waals surface area contributed by atoms with Crippen LogP contribution in [0.15, 0.2) is 4.52 Å². The van der Waals surface area contributed by atoms with Crippen molar-refractivity contribution >= 4 is 11.9 Å². The molecule has 0 aliphatic heterocycles. The number of hydrogen-bond acceptors (Lipinski definition) is 4. The normalized spacial score (nSPS) is 11.4. The Kier molecular flexibility index (Phi) is 2.36. The van der Waals surface area contributed by atoms with Gasteiger partial charge in [0.15, 0.2) is 0 Å².